The van der Waals surface area contributed by atoms with Crippen LogP contribution in [0.15, 0.2) is 44.6 Å². The Balaban J connectivity index is 2.01. The average Bonchev–Trinajstić information content (AvgIpc) is 3.14. The van der Waals surface area contributed by atoms with Crippen LogP contribution in [0, 0.1) is 0 Å². The Kier molecular flexibility index (Phi) is 5.38. The summed E-state index contributed by atoms with van der Waals surface area (Å²) in [5, 5.41) is 0.638. The number of nitrogens with zero attached hydrogens (tertiary/aromatic N) is 1. The summed E-state index contributed by atoms with van der Waals surface area (Å²) in [6.07, 6.45) is 0.0653. The zero-order chi connectivity index (χ0) is 17.1. The van der Waals surface area contributed by atoms with Gasteiger partial charge in [0.15, 0.2) is 5.76 Å². The third kappa shape index (κ3) is 3.88. The molecule has 7 heteroatoms. The second kappa shape index (κ2) is 7.51. The van der Waals surface area contributed by atoms with E-state index in [9.17, 15) is 4.79 Å². The summed E-state index contributed by atoms with van der Waals surface area (Å²) in [5.74, 6) is 0.708. The second-order valence-electron chi connectivity index (χ2n) is 4.89. The molecule has 2 aromatic heterocycles. The number of thiophene rings is 1. The molecule has 1 aromatic carbocycles. The minimum Gasteiger partial charge on any atom is -0.466 e. The number of aromatic nitrogens is 1. The molecular weight excluding hydrogens is 414 g/mol. The van der Waals surface area contributed by atoms with Crippen LogP contribution < -0.4 is 0 Å². The SMILES string of the molecule is CCOC(=O)Cc1nc(-c2ccc(Cl)cc2)oc1-c1ccc(Br)s1. The molecule has 0 amide bonds. The summed E-state index contributed by atoms with van der Waals surface area (Å²) in [6.45, 7) is 2.11. The molecule has 2 heterocycles. The Morgan fingerprint density at radius 2 is 2.04 bits per heavy atom. The van der Waals surface area contributed by atoms with Crippen molar-refractivity contribution in [1.82, 2.24) is 4.98 Å². The van der Waals surface area contributed by atoms with E-state index in [0.717, 1.165) is 14.2 Å². The maximum absolute atomic E-state index is 11.9. The monoisotopic (exact) mass is 425 g/mol. The van der Waals surface area contributed by atoms with Gasteiger partial charge in [0.05, 0.1) is 27.4 Å². The molecule has 24 heavy (non-hydrogen) atoms. The van der Waals surface area contributed by atoms with Crippen molar-refractivity contribution in [1.29, 1.82) is 0 Å². The maximum atomic E-state index is 11.9. The number of carbonyl (C=O) groups excluding carboxylic acids is 1. The van der Waals surface area contributed by atoms with Crippen LogP contribution in [-0.2, 0) is 16.0 Å². The van der Waals surface area contributed by atoms with Crippen LogP contribution in [0.2, 0.25) is 5.02 Å². The third-order valence-corrected chi connectivity index (χ3v) is 5.08. The van der Waals surface area contributed by atoms with Crippen LogP contribution in [0.3, 0.4) is 0 Å². The molecular formula is C17H13BrClNO3S. The van der Waals surface area contributed by atoms with Gasteiger partial charge in [0.1, 0.15) is 0 Å². The number of carbonyl (C=O) groups is 1. The van der Waals surface area contributed by atoms with Crippen molar-refractivity contribution in [3.8, 4) is 22.1 Å². The zero-order valence-electron chi connectivity index (χ0n) is 12.7. The summed E-state index contributed by atoms with van der Waals surface area (Å²) in [6, 6.07) is 11.1. The van der Waals surface area contributed by atoms with Crippen molar-refractivity contribution < 1.29 is 13.9 Å². The van der Waals surface area contributed by atoms with Gasteiger partial charge in [-0.15, -0.1) is 11.3 Å². The van der Waals surface area contributed by atoms with Gasteiger partial charge in [0, 0.05) is 10.6 Å². The van der Waals surface area contributed by atoms with Crippen molar-refractivity contribution in [3.63, 3.8) is 0 Å². The fraction of sp³-hybridized carbons (Fsp3) is 0.176. The Morgan fingerprint density at radius 3 is 2.67 bits per heavy atom. The summed E-state index contributed by atoms with van der Waals surface area (Å²) < 4.78 is 12.0. The molecule has 0 N–H and O–H groups in total. The highest BCUT2D eigenvalue weighted by Gasteiger charge is 2.20. The Labute approximate surface area is 156 Å². The summed E-state index contributed by atoms with van der Waals surface area (Å²) >= 11 is 10.9. The van der Waals surface area contributed by atoms with Gasteiger partial charge in [-0.3, -0.25) is 4.79 Å². The number of esters is 1. The third-order valence-electron chi connectivity index (χ3n) is 3.20. The molecule has 0 bridgehead atoms. The highest BCUT2D eigenvalue weighted by molar-refractivity contribution is 9.11. The van der Waals surface area contributed by atoms with Gasteiger partial charge in [-0.25, -0.2) is 4.98 Å². The molecule has 0 aliphatic heterocycles. The van der Waals surface area contributed by atoms with E-state index in [-0.39, 0.29) is 12.4 Å². The number of rotatable bonds is 5. The molecule has 0 spiro atoms. The quantitative estimate of drug-likeness (QED) is 0.499. The van der Waals surface area contributed by atoms with E-state index in [4.69, 9.17) is 20.8 Å². The standard InChI is InChI=1S/C17H13BrClNO3S/c1-2-22-15(21)9-12-16(13-7-8-14(18)24-13)23-17(20-12)10-3-5-11(19)6-4-10/h3-8H,2,9H2,1H3. The molecule has 0 unspecified atom stereocenters. The van der Waals surface area contributed by atoms with Crippen molar-refractivity contribution in [2.75, 3.05) is 6.61 Å². The van der Waals surface area contributed by atoms with Crippen LogP contribution in [0.25, 0.3) is 22.1 Å². The van der Waals surface area contributed by atoms with Gasteiger partial charge in [0.25, 0.3) is 0 Å². The first-order chi connectivity index (χ1) is 11.6. The van der Waals surface area contributed by atoms with Crippen LogP contribution in [0.4, 0.5) is 0 Å². The van der Waals surface area contributed by atoms with Gasteiger partial charge in [-0.05, 0) is 59.3 Å². The minimum atomic E-state index is -0.328. The van der Waals surface area contributed by atoms with E-state index in [2.05, 4.69) is 20.9 Å². The molecule has 0 fully saturated rings. The highest BCUT2D eigenvalue weighted by atomic mass is 79.9. The summed E-state index contributed by atoms with van der Waals surface area (Å²) in [5.41, 5.74) is 1.36. The lowest BCUT2D eigenvalue weighted by molar-refractivity contribution is -0.142. The average molecular weight is 427 g/mol. The molecule has 3 aromatic rings. The summed E-state index contributed by atoms with van der Waals surface area (Å²) in [4.78, 5) is 17.3. The van der Waals surface area contributed by atoms with Crippen LogP contribution >= 0.6 is 38.9 Å². The first kappa shape index (κ1) is 17.2. The number of hydrogen-bond acceptors (Lipinski definition) is 5. The van der Waals surface area contributed by atoms with E-state index >= 15 is 0 Å². The molecule has 4 nitrogen and oxygen atoms in total. The number of hydrogen-bond donors (Lipinski definition) is 0. The molecule has 124 valence electrons. The summed E-state index contributed by atoms with van der Waals surface area (Å²) in [7, 11) is 0. The molecule has 0 atom stereocenters. The maximum Gasteiger partial charge on any atom is 0.312 e. The Hall–Kier alpha value is -1.63. The van der Waals surface area contributed by atoms with Gasteiger partial charge in [0.2, 0.25) is 5.89 Å². The fourth-order valence-corrected chi connectivity index (χ4v) is 3.68. The zero-order valence-corrected chi connectivity index (χ0v) is 15.9. The van der Waals surface area contributed by atoms with Crippen molar-refractivity contribution >= 4 is 44.8 Å². The molecule has 0 radical (unpaired) electrons. The predicted octanol–water partition coefficient (Wildman–Crippen LogP) is 5.59. The smallest absolute Gasteiger partial charge is 0.312 e. The number of halogens is 2. The second-order valence-corrected chi connectivity index (χ2v) is 7.79. The minimum absolute atomic E-state index is 0.0653. The molecule has 3 rings (SSSR count). The van der Waals surface area contributed by atoms with Crippen molar-refractivity contribution in [3.05, 3.63) is 50.9 Å². The first-order valence-electron chi connectivity index (χ1n) is 7.23. The molecule has 0 aliphatic carbocycles. The highest BCUT2D eigenvalue weighted by Crippen LogP contribution is 2.36. The lowest BCUT2D eigenvalue weighted by Gasteiger charge is -2.00. The first-order valence-corrected chi connectivity index (χ1v) is 9.22. The molecule has 0 aliphatic rings. The van der Waals surface area contributed by atoms with Gasteiger partial charge >= 0.3 is 5.97 Å². The van der Waals surface area contributed by atoms with Crippen LogP contribution in [0.1, 0.15) is 12.6 Å². The number of ether oxygens (including phenoxy) is 1. The Bertz CT molecular complexity index is 857. The van der Waals surface area contributed by atoms with Crippen LogP contribution in [-0.4, -0.2) is 17.6 Å². The lowest BCUT2D eigenvalue weighted by Crippen LogP contribution is -2.08. The topological polar surface area (TPSA) is 52.3 Å². The fourth-order valence-electron chi connectivity index (χ4n) is 2.17. The van der Waals surface area contributed by atoms with E-state index < -0.39 is 0 Å². The molecule has 0 saturated heterocycles. The molecule has 0 saturated carbocycles. The van der Waals surface area contributed by atoms with E-state index in [1.807, 2.05) is 24.3 Å². The van der Waals surface area contributed by atoms with E-state index in [0.29, 0.717) is 29.0 Å². The van der Waals surface area contributed by atoms with Gasteiger partial charge < -0.3 is 9.15 Å². The van der Waals surface area contributed by atoms with Crippen molar-refractivity contribution in [2.45, 2.75) is 13.3 Å². The van der Waals surface area contributed by atoms with Crippen molar-refractivity contribution in [2.24, 2.45) is 0 Å². The number of benzene rings is 1. The van der Waals surface area contributed by atoms with Gasteiger partial charge in [-0.1, -0.05) is 11.6 Å². The van der Waals surface area contributed by atoms with E-state index in [1.165, 1.54) is 11.3 Å². The lowest BCUT2D eigenvalue weighted by atomic mass is 10.2. The largest absolute Gasteiger partial charge is 0.466 e. The van der Waals surface area contributed by atoms with E-state index in [1.54, 1.807) is 19.1 Å². The number of oxazole rings is 1. The predicted molar refractivity (Wildman–Crippen MR) is 98.3 cm³/mol. The van der Waals surface area contributed by atoms with Crippen LogP contribution in [0.5, 0.6) is 0 Å². The normalized spacial score (nSPS) is 10.8. The van der Waals surface area contributed by atoms with Gasteiger partial charge in [-0.2, -0.15) is 0 Å². The Morgan fingerprint density at radius 1 is 1.29 bits per heavy atom.